The van der Waals surface area contributed by atoms with Crippen molar-refractivity contribution in [1.29, 1.82) is 0 Å². The van der Waals surface area contributed by atoms with Crippen LogP contribution in [-0.4, -0.2) is 34.2 Å². The average Bonchev–Trinajstić information content (AvgIpc) is 2.91. The van der Waals surface area contributed by atoms with E-state index in [1.165, 1.54) is 17.0 Å². The summed E-state index contributed by atoms with van der Waals surface area (Å²) in [5, 5.41) is 0.921. The highest BCUT2D eigenvalue weighted by Crippen LogP contribution is 2.31. The Balaban J connectivity index is 1.61. The van der Waals surface area contributed by atoms with Crippen LogP contribution in [-0.2, 0) is 11.3 Å². The summed E-state index contributed by atoms with van der Waals surface area (Å²) in [5.41, 5.74) is 2.82. The third-order valence-electron chi connectivity index (χ3n) is 5.21. The summed E-state index contributed by atoms with van der Waals surface area (Å²) >= 11 is 0. The fourth-order valence-electron chi connectivity index (χ4n) is 3.73. The third-order valence-corrected chi connectivity index (χ3v) is 5.21. The summed E-state index contributed by atoms with van der Waals surface area (Å²) in [6.07, 6.45) is -3.17. The normalized spacial score (nSPS) is 17.0. The molecule has 1 saturated heterocycles. The van der Waals surface area contributed by atoms with Crippen LogP contribution >= 0.6 is 0 Å². The summed E-state index contributed by atoms with van der Waals surface area (Å²) in [4.78, 5) is 32.6. The van der Waals surface area contributed by atoms with E-state index in [9.17, 15) is 22.8 Å². The molecule has 31 heavy (non-hydrogen) atoms. The lowest BCUT2D eigenvalue weighted by Gasteiger charge is -2.21. The molecule has 1 atom stereocenters. The number of pyridine rings is 1. The zero-order valence-electron chi connectivity index (χ0n) is 16.7. The van der Waals surface area contributed by atoms with E-state index in [0.717, 1.165) is 39.1 Å². The number of carbonyl (C=O) groups excluding carboxylic acids is 2. The molecule has 1 fully saturated rings. The average molecular weight is 429 g/mol. The number of aryl methyl sites for hydroxylation is 1. The first-order valence-electron chi connectivity index (χ1n) is 9.49. The van der Waals surface area contributed by atoms with Crippen LogP contribution in [0.4, 0.5) is 23.7 Å². The number of amides is 3. The minimum atomic E-state index is -4.82. The van der Waals surface area contributed by atoms with E-state index in [4.69, 9.17) is 0 Å². The Labute approximate surface area is 175 Å². The molecule has 1 unspecified atom stereocenters. The summed E-state index contributed by atoms with van der Waals surface area (Å²) < 4.78 is 40.9. The number of benzene rings is 2. The first-order chi connectivity index (χ1) is 14.7. The van der Waals surface area contributed by atoms with Gasteiger partial charge in [-0.25, -0.2) is 9.69 Å². The van der Waals surface area contributed by atoms with E-state index in [2.05, 4.69) is 9.72 Å². The van der Waals surface area contributed by atoms with Crippen molar-refractivity contribution in [2.24, 2.45) is 0 Å². The van der Waals surface area contributed by atoms with Crippen LogP contribution in [0.5, 0.6) is 5.75 Å². The van der Waals surface area contributed by atoms with E-state index in [1.54, 1.807) is 13.1 Å². The van der Waals surface area contributed by atoms with Crippen molar-refractivity contribution in [3.05, 3.63) is 65.9 Å². The van der Waals surface area contributed by atoms with E-state index < -0.39 is 30.1 Å². The maximum absolute atomic E-state index is 13.1. The number of alkyl halides is 3. The monoisotopic (exact) mass is 429 g/mol. The van der Waals surface area contributed by atoms with Gasteiger partial charge in [0.15, 0.2) is 0 Å². The molecule has 6 nitrogen and oxygen atoms in total. The number of carbonyl (C=O) groups is 2. The zero-order valence-corrected chi connectivity index (χ0v) is 16.7. The summed E-state index contributed by atoms with van der Waals surface area (Å²) in [6, 6.07) is 10.9. The van der Waals surface area contributed by atoms with Crippen LogP contribution in [0.3, 0.4) is 0 Å². The van der Waals surface area contributed by atoms with Crippen molar-refractivity contribution in [2.75, 3.05) is 4.90 Å². The van der Waals surface area contributed by atoms with Crippen molar-refractivity contribution in [3.63, 3.8) is 0 Å². The highest BCUT2D eigenvalue weighted by atomic mass is 19.4. The SMILES string of the molecule is Cc1cccc2nccc(CN3C(=O)N(c4ccc(OC(F)(F)F)cc4)C(=O)C3C)c12. The highest BCUT2D eigenvalue weighted by Gasteiger charge is 2.43. The third kappa shape index (κ3) is 3.90. The van der Waals surface area contributed by atoms with Crippen molar-refractivity contribution in [2.45, 2.75) is 32.8 Å². The Hall–Kier alpha value is -3.62. The molecule has 1 aromatic heterocycles. The van der Waals surface area contributed by atoms with Crippen LogP contribution < -0.4 is 9.64 Å². The first-order valence-corrected chi connectivity index (χ1v) is 9.49. The van der Waals surface area contributed by atoms with Crippen molar-refractivity contribution in [1.82, 2.24) is 9.88 Å². The molecule has 2 aromatic carbocycles. The molecule has 3 amide bonds. The molecule has 160 valence electrons. The molecule has 0 spiro atoms. The smallest absolute Gasteiger partial charge is 0.406 e. The predicted octanol–water partition coefficient (Wildman–Crippen LogP) is 4.80. The lowest BCUT2D eigenvalue weighted by molar-refractivity contribution is -0.274. The van der Waals surface area contributed by atoms with Gasteiger partial charge in [0.2, 0.25) is 0 Å². The number of aromatic nitrogens is 1. The van der Waals surface area contributed by atoms with Gasteiger partial charge in [0.25, 0.3) is 5.91 Å². The Kier molecular flexibility index (Phi) is 5.04. The van der Waals surface area contributed by atoms with Gasteiger partial charge >= 0.3 is 12.4 Å². The molecule has 9 heteroatoms. The Morgan fingerprint density at radius 1 is 1.06 bits per heavy atom. The topological polar surface area (TPSA) is 62.7 Å². The second kappa shape index (κ2) is 7.57. The van der Waals surface area contributed by atoms with Crippen LogP contribution in [0.15, 0.2) is 54.7 Å². The Bertz CT molecular complexity index is 1160. The summed E-state index contributed by atoms with van der Waals surface area (Å²) in [5.74, 6) is -0.886. The fraction of sp³-hybridized carbons (Fsp3) is 0.227. The summed E-state index contributed by atoms with van der Waals surface area (Å²) in [6.45, 7) is 3.77. The number of rotatable bonds is 4. The maximum atomic E-state index is 13.1. The second-order valence-corrected chi connectivity index (χ2v) is 7.24. The van der Waals surface area contributed by atoms with Gasteiger partial charge in [-0.05, 0) is 61.4 Å². The quantitative estimate of drug-likeness (QED) is 0.559. The number of urea groups is 1. The molecule has 0 aliphatic carbocycles. The fourth-order valence-corrected chi connectivity index (χ4v) is 3.73. The van der Waals surface area contributed by atoms with Crippen molar-refractivity contribution >= 4 is 28.5 Å². The largest absolute Gasteiger partial charge is 0.573 e. The minimum Gasteiger partial charge on any atom is -0.406 e. The molecule has 4 rings (SSSR count). The number of anilines is 1. The minimum absolute atomic E-state index is 0.176. The molecular weight excluding hydrogens is 411 g/mol. The molecule has 1 aliphatic rings. The van der Waals surface area contributed by atoms with Gasteiger partial charge in [0, 0.05) is 18.1 Å². The maximum Gasteiger partial charge on any atom is 0.573 e. The summed E-state index contributed by atoms with van der Waals surface area (Å²) in [7, 11) is 0. The van der Waals surface area contributed by atoms with Gasteiger partial charge in [-0.3, -0.25) is 9.78 Å². The Morgan fingerprint density at radius 2 is 1.77 bits per heavy atom. The molecule has 3 aromatic rings. The standard InChI is InChI=1S/C22H18F3N3O3/c1-13-4-3-5-18-19(13)15(10-11-26-18)12-27-14(2)20(29)28(21(27)30)16-6-8-17(9-7-16)31-22(23,24)25/h3-11,14H,12H2,1-2H3. The van der Waals surface area contributed by atoms with E-state index in [1.807, 2.05) is 31.2 Å². The van der Waals surface area contributed by atoms with Crippen molar-refractivity contribution in [3.8, 4) is 5.75 Å². The molecule has 0 N–H and O–H groups in total. The van der Waals surface area contributed by atoms with E-state index in [0.29, 0.717) is 0 Å². The molecule has 0 saturated carbocycles. The van der Waals surface area contributed by atoms with Crippen LogP contribution in [0.2, 0.25) is 0 Å². The zero-order chi connectivity index (χ0) is 22.3. The van der Waals surface area contributed by atoms with Gasteiger partial charge in [-0.1, -0.05) is 12.1 Å². The number of nitrogens with zero attached hydrogens (tertiary/aromatic N) is 3. The van der Waals surface area contributed by atoms with Crippen LogP contribution in [0.25, 0.3) is 10.9 Å². The van der Waals surface area contributed by atoms with Gasteiger partial charge in [0.05, 0.1) is 11.2 Å². The lowest BCUT2D eigenvalue weighted by atomic mass is 10.0. The van der Waals surface area contributed by atoms with Crippen LogP contribution in [0.1, 0.15) is 18.1 Å². The lowest BCUT2D eigenvalue weighted by Crippen LogP contribution is -2.33. The molecular formula is C22H18F3N3O3. The van der Waals surface area contributed by atoms with Gasteiger partial charge < -0.3 is 9.64 Å². The van der Waals surface area contributed by atoms with Crippen molar-refractivity contribution < 1.29 is 27.5 Å². The number of halogens is 3. The first kappa shape index (κ1) is 20.6. The van der Waals surface area contributed by atoms with Gasteiger partial charge in [-0.15, -0.1) is 13.2 Å². The number of hydrogen-bond acceptors (Lipinski definition) is 4. The Morgan fingerprint density at radius 3 is 2.45 bits per heavy atom. The molecule has 0 bridgehead atoms. The van der Waals surface area contributed by atoms with E-state index >= 15 is 0 Å². The highest BCUT2D eigenvalue weighted by molar-refractivity contribution is 6.21. The molecule has 2 heterocycles. The molecule has 0 radical (unpaired) electrons. The number of imide groups is 1. The predicted molar refractivity (Wildman–Crippen MR) is 107 cm³/mol. The van der Waals surface area contributed by atoms with Gasteiger partial charge in [0.1, 0.15) is 11.8 Å². The number of ether oxygens (including phenoxy) is 1. The van der Waals surface area contributed by atoms with Crippen LogP contribution in [0, 0.1) is 6.92 Å². The number of fused-ring (bicyclic) bond motifs is 1. The second-order valence-electron chi connectivity index (χ2n) is 7.24. The van der Waals surface area contributed by atoms with Gasteiger partial charge in [-0.2, -0.15) is 0 Å². The molecule has 1 aliphatic heterocycles. The number of hydrogen-bond donors (Lipinski definition) is 0. The van der Waals surface area contributed by atoms with E-state index in [-0.39, 0.29) is 12.2 Å².